The van der Waals surface area contributed by atoms with Crippen LogP contribution in [0.5, 0.6) is 5.75 Å². The average Bonchev–Trinajstić information content (AvgIpc) is 2.69. The molecule has 29 heavy (non-hydrogen) atoms. The Balaban J connectivity index is 1.89. The number of aromatic nitrogens is 1. The number of carbonyl (C=O) groups is 2. The lowest BCUT2D eigenvalue weighted by Crippen LogP contribution is -2.44. The Bertz CT molecular complexity index is 900. The summed E-state index contributed by atoms with van der Waals surface area (Å²) >= 11 is 0. The minimum Gasteiger partial charge on any atom is -0.494 e. The van der Waals surface area contributed by atoms with Crippen molar-refractivity contribution in [2.75, 3.05) is 19.5 Å². The Morgan fingerprint density at radius 2 is 1.93 bits per heavy atom. The summed E-state index contributed by atoms with van der Waals surface area (Å²) in [4.78, 5) is 30.6. The van der Waals surface area contributed by atoms with E-state index < -0.39 is 23.7 Å². The highest BCUT2D eigenvalue weighted by molar-refractivity contribution is 5.95. The average molecular weight is 407 g/mol. The summed E-state index contributed by atoms with van der Waals surface area (Å²) in [5.74, 6) is -0.738. The number of nitrogens with zero attached hydrogens (tertiary/aromatic N) is 2. The third-order valence-electron chi connectivity index (χ3n) is 5.04. The van der Waals surface area contributed by atoms with Crippen molar-refractivity contribution in [2.45, 2.75) is 25.1 Å². The summed E-state index contributed by atoms with van der Waals surface area (Å²) in [5, 5.41) is 2.76. The Morgan fingerprint density at radius 3 is 2.55 bits per heavy atom. The molecule has 0 radical (unpaired) electrons. The fourth-order valence-electron chi connectivity index (χ4n) is 3.52. The number of halogens is 3. The van der Waals surface area contributed by atoms with Gasteiger partial charge in [0.25, 0.3) is 0 Å². The Kier molecular flexibility index (Phi) is 5.76. The monoisotopic (exact) mass is 407 g/mol. The quantitative estimate of drug-likeness (QED) is 0.840. The predicted octanol–water partition coefficient (Wildman–Crippen LogP) is 3.66. The maximum Gasteiger partial charge on any atom is 0.416 e. The van der Waals surface area contributed by atoms with E-state index in [4.69, 9.17) is 4.74 Å². The Morgan fingerprint density at radius 1 is 1.24 bits per heavy atom. The molecule has 6 nitrogen and oxygen atoms in total. The van der Waals surface area contributed by atoms with E-state index >= 15 is 0 Å². The van der Waals surface area contributed by atoms with E-state index in [0.29, 0.717) is 17.0 Å². The van der Waals surface area contributed by atoms with Gasteiger partial charge in [-0.05, 0) is 24.1 Å². The lowest BCUT2D eigenvalue weighted by atomic mass is 9.83. The molecule has 1 aliphatic rings. The van der Waals surface area contributed by atoms with Gasteiger partial charge in [0.05, 0.1) is 30.8 Å². The van der Waals surface area contributed by atoms with E-state index in [9.17, 15) is 22.8 Å². The first-order valence-corrected chi connectivity index (χ1v) is 8.94. The number of pyridine rings is 1. The molecule has 0 bridgehead atoms. The molecule has 1 N–H and O–H groups in total. The van der Waals surface area contributed by atoms with Crippen molar-refractivity contribution in [1.82, 2.24) is 9.88 Å². The molecule has 2 aromatic rings. The van der Waals surface area contributed by atoms with Crippen LogP contribution < -0.4 is 10.1 Å². The molecule has 1 fully saturated rings. The van der Waals surface area contributed by atoms with Gasteiger partial charge in [-0.25, -0.2) is 0 Å². The normalized spacial score (nSPS) is 19.8. The van der Waals surface area contributed by atoms with Gasteiger partial charge in [0.15, 0.2) is 0 Å². The highest BCUT2D eigenvalue weighted by Gasteiger charge is 2.39. The molecule has 2 atom stereocenters. The largest absolute Gasteiger partial charge is 0.494 e. The molecule has 1 aromatic carbocycles. The van der Waals surface area contributed by atoms with E-state index in [-0.39, 0.29) is 24.7 Å². The molecule has 2 amide bonds. The third kappa shape index (κ3) is 4.33. The maximum absolute atomic E-state index is 13.0. The second-order valence-corrected chi connectivity index (χ2v) is 6.78. The van der Waals surface area contributed by atoms with Gasteiger partial charge in [-0.15, -0.1) is 0 Å². The summed E-state index contributed by atoms with van der Waals surface area (Å²) in [6, 6.07) is 5.46. The summed E-state index contributed by atoms with van der Waals surface area (Å²) in [7, 11) is 3.01. The molecule has 3 rings (SSSR count). The number of hydrogen-bond acceptors (Lipinski definition) is 4. The first-order valence-electron chi connectivity index (χ1n) is 8.94. The van der Waals surface area contributed by atoms with Crippen LogP contribution in [0.3, 0.4) is 0 Å². The number of nitrogens with one attached hydrogen (secondary N) is 1. The molecule has 0 saturated carbocycles. The number of methoxy groups -OCH3 is 1. The molecule has 9 heteroatoms. The second kappa shape index (κ2) is 8.10. The number of anilines is 1. The van der Waals surface area contributed by atoms with Crippen LogP contribution in [0.1, 0.15) is 30.0 Å². The highest BCUT2D eigenvalue weighted by Crippen LogP contribution is 2.38. The van der Waals surface area contributed by atoms with E-state index in [1.165, 1.54) is 36.5 Å². The molecule has 2 heterocycles. The van der Waals surface area contributed by atoms with Gasteiger partial charge in [-0.2, -0.15) is 13.2 Å². The van der Waals surface area contributed by atoms with E-state index in [1.807, 2.05) is 0 Å². The summed E-state index contributed by atoms with van der Waals surface area (Å²) in [5.41, 5.74) is 0.0599. The predicted molar refractivity (Wildman–Crippen MR) is 99.1 cm³/mol. The molecule has 0 spiro atoms. The molecule has 1 aromatic heterocycles. The van der Waals surface area contributed by atoms with Crippen LogP contribution in [-0.2, 0) is 15.8 Å². The number of hydrogen-bond donors (Lipinski definition) is 1. The lowest BCUT2D eigenvalue weighted by Gasteiger charge is -2.38. The number of amides is 2. The van der Waals surface area contributed by atoms with Crippen molar-refractivity contribution >= 4 is 17.5 Å². The molecule has 1 saturated heterocycles. The first kappa shape index (κ1) is 20.6. The lowest BCUT2D eigenvalue weighted by molar-refractivity contribution is -0.140. The summed E-state index contributed by atoms with van der Waals surface area (Å²) < 4.78 is 43.8. The van der Waals surface area contributed by atoms with Crippen LogP contribution in [-0.4, -0.2) is 35.9 Å². The summed E-state index contributed by atoms with van der Waals surface area (Å²) in [6.07, 6.45) is -1.03. The number of carbonyl (C=O) groups excluding carboxylic acids is 2. The zero-order chi connectivity index (χ0) is 21.2. The van der Waals surface area contributed by atoms with Gasteiger partial charge >= 0.3 is 6.18 Å². The van der Waals surface area contributed by atoms with Gasteiger partial charge in [0.2, 0.25) is 11.8 Å². The number of rotatable bonds is 4. The number of ether oxygens (including phenoxy) is 1. The molecule has 1 aliphatic heterocycles. The fraction of sp³-hybridized carbons (Fsp3) is 0.350. The zero-order valence-corrected chi connectivity index (χ0v) is 15.9. The Hall–Kier alpha value is -3.10. The SMILES string of the molecule is COc1ccncc1NC(=O)C1CCC(=O)N(C)C1c1ccc(C(F)(F)F)cc1. The van der Waals surface area contributed by atoms with Crippen molar-refractivity contribution < 1.29 is 27.5 Å². The van der Waals surface area contributed by atoms with Crippen molar-refractivity contribution in [3.05, 3.63) is 53.9 Å². The smallest absolute Gasteiger partial charge is 0.416 e. The number of likely N-dealkylation sites (tertiary alicyclic amines) is 1. The molecule has 2 unspecified atom stereocenters. The van der Waals surface area contributed by atoms with Crippen LogP contribution >= 0.6 is 0 Å². The van der Waals surface area contributed by atoms with Crippen molar-refractivity contribution in [3.63, 3.8) is 0 Å². The van der Waals surface area contributed by atoms with Crippen LogP contribution in [0.15, 0.2) is 42.7 Å². The molecule has 154 valence electrons. The second-order valence-electron chi connectivity index (χ2n) is 6.78. The van der Waals surface area contributed by atoms with Gasteiger partial charge in [0.1, 0.15) is 11.4 Å². The zero-order valence-electron chi connectivity index (χ0n) is 15.9. The van der Waals surface area contributed by atoms with Crippen LogP contribution in [0.4, 0.5) is 18.9 Å². The third-order valence-corrected chi connectivity index (χ3v) is 5.04. The number of piperidine rings is 1. The minimum absolute atomic E-state index is 0.169. The Labute approximate surface area is 165 Å². The van der Waals surface area contributed by atoms with Crippen LogP contribution in [0.25, 0.3) is 0 Å². The topological polar surface area (TPSA) is 71.5 Å². The minimum atomic E-state index is -4.46. The van der Waals surface area contributed by atoms with Crippen molar-refractivity contribution in [2.24, 2.45) is 5.92 Å². The van der Waals surface area contributed by atoms with Gasteiger partial charge in [-0.3, -0.25) is 14.6 Å². The van der Waals surface area contributed by atoms with E-state index in [1.54, 1.807) is 13.1 Å². The standard InChI is InChI=1S/C20H20F3N3O3/c1-26-17(27)8-7-14(19(28)25-15-11-24-10-9-16(15)29-2)18(26)12-3-5-13(6-4-12)20(21,22)23/h3-6,9-11,14,18H,7-8H2,1-2H3,(H,25,28). The fourth-order valence-corrected chi connectivity index (χ4v) is 3.52. The molecule has 0 aliphatic carbocycles. The number of benzene rings is 1. The molecular formula is C20H20F3N3O3. The van der Waals surface area contributed by atoms with Crippen molar-refractivity contribution in [1.29, 1.82) is 0 Å². The summed E-state index contributed by atoms with van der Waals surface area (Å²) in [6.45, 7) is 0. The number of alkyl halides is 3. The van der Waals surface area contributed by atoms with Gasteiger partial charge in [-0.1, -0.05) is 12.1 Å². The van der Waals surface area contributed by atoms with E-state index in [2.05, 4.69) is 10.3 Å². The van der Waals surface area contributed by atoms with Crippen LogP contribution in [0.2, 0.25) is 0 Å². The van der Waals surface area contributed by atoms with E-state index in [0.717, 1.165) is 12.1 Å². The van der Waals surface area contributed by atoms with Crippen molar-refractivity contribution in [3.8, 4) is 5.75 Å². The van der Waals surface area contributed by atoms with Gasteiger partial charge < -0.3 is 15.0 Å². The maximum atomic E-state index is 13.0. The highest BCUT2D eigenvalue weighted by atomic mass is 19.4. The molecular weight excluding hydrogens is 387 g/mol. The first-order chi connectivity index (χ1) is 13.7. The van der Waals surface area contributed by atoms with Gasteiger partial charge in [0, 0.05) is 25.7 Å². The van der Waals surface area contributed by atoms with Crippen LogP contribution in [0, 0.1) is 5.92 Å².